The van der Waals surface area contributed by atoms with Gasteiger partial charge in [0.25, 0.3) is 0 Å². The largest absolute Gasteiger partial charge is 0.481 e. The minimum Gasteiger partial charge on any atom is -0.481 e. The summed E-state index contributed by atoms with van der Waals surface area (Å²) in [7, 11) is 0. The molecule has 4 nitrogen and oxygen atoms in total. The molecule has 0 saturated heterocycles. The van der Waals surface area contributed by atoms with E-state index in [1.807, 2.05) is 0 Å². The molecule has 0 aromatic carbocycles. The number of esters is 1. The lowest BCUT2D eigenvalue weighted by Crippen LogP contribution is -2.31. The number of hydrogen-bond donors (Lipinski definition) is 1. The maximum atomic E-state index is 12.9. The van der Waals surface area contributed by atoms with Crippen molar-refractivity contribution in [1.29, 1.82) is 0 Å². The molecule has 0 radical (unpaired) electrons. The van der Waals surface area contributed by atoms with Crippen molar-refractivity contribution in [3.05, 3.63) is 0 Å². The molecule has 0 amide bonds. The van der Waals surface area contributed by atoms with E-state index in [-0.39, 0.29) is 23.9 Å². The summed E-state index contributed by atoms with van der Waals surface area (Å²) in [4.78, 5) is 24.3. The highest BCUT2D eigenvalue weighted by Crippen LogP contribution is 2.31. The first kappa shape index (κ1) is 33.0. The molecule has 1 fully saturated rings. The van der Waals surface area contributed by atoms with E-state index in [1.165, 1.54) is 109 Å². The van der Waals surface area contributed by atoms with Crippen LogP contribution in [0.25, 0.3) is 0 Å². The summed E-state index contributed by atoms with van der Waals surface area (Å²) in [6.07, 6.45) is 29.6. The molecule has 212 valence electrons. The fourth-order valence-electron chi connectivity index (χ4n) is 5.69. The van der Waals surface area contributed by atoms with E-state index in [4.69, 9.17) is 4.74 Å². The highest BCUT2D eigenvalue weighted by Gasteiger charge is 2.32. The number of rotatable bonds is 24. The highest BCUT2D eigenvalue weighted by molar-refractivity contribution is 5.75. The quantitative estimate of drug-likeness (QED) is 0.104. The standard InChI is InChI=1S/C32H60O4/c1-3-5-7-9-11-13-14-15-17-19-21-26-30(25-20-18-16-12-10-8-6-4-2)36-32(35)29-24-22-23-28(27-29)31(33)34/h28-30H,3-27H2,1-2H3,(H,33,34). The molecule has 0 spiro atoms. The van der Waals surface area contributed by atoms with Crippen LogP contribution in [0.1, 0.15) is 174 Å². The van der Waals surface area contributed by atoms with Crippen LogP contribution in [0.4, 0.5) is 0 Å². The van der Waals surface area contributed by atoms with Gasteiger partial charge < -0.3 is 9.84 Å². The molecule has 1 saturated carbocycles. The minimum absolute atomic E-state index is 0.0151. The lowest BCUT2D eigenvalue weighted by Gasteiger charge is -2.27. The molecular formula is C32H60O4. The lowest BCUT2D eigenvalue weighted by atomic mass is 9.81. The van der Waals surface area contributed by atoms with Crippen molar-refractivity contribution in [3.63, 3.8) is 0 Å². The molecule has 3 atom stereocenters. The van der Waals surface area contributed by atoms with Gasteiger partial charge in [-0.3, -0.25) is 9.59 Å². The fourth-order valence-corrected chi connectivity index (χ4v) is 5.69. The van der Waals surface area contributed by atoms with Crippen LogP contribution >= 0.6 is 0 Å². The summed E-state index contributed by atoms with van der Waals surface area (Å²) in [5.41, 5.74) is 0. The smallest absolute Gasteiger partial charge is 0.309 e. The maximum absolute atomic E-state index is 12.9. The third kappa shape index (κ3) is 17.4. The number of hydrogen-bond acceptors (Lipinski definition) is 3. The predicted octanol–water partition coefficient (Wildman–Crippen LogP) is 10.0. The van der Waals surface area contributed by atoms with Gasteiger partial charge in [0.2, 0.25) is 0 Å². The number of carboxylic acids is 1. The number of ether oxygens (including phenoxy) is 1. The van der Waals surface area contributed by atoms with Crippen LogP contribution in [0.3, 0.4) is 0 Å². The summed E-state index contributed by atoms with van der Waals surface area (Å²) in [5, 5.41) is 9.37. The first-order valence-corrected chi connectivity index (χ1v) is 16.0. The SMILES string of the molecule is CCCCCCCCCCCCCC(CCCCCCCCCC)OC(=O)C1CCCC(C(=O)O)C1. The first-order chi connectivity index (χ1) is 17.6. The molecule has 0 aromatic rings. The van der Waals surface area contributed by atoms with E-state index in [2.05, 4.69) is 13.8 Å². The van der Waals surface area contributed by atoms with Gasteiger partial charge in [-0.1, -0.05) is 129 Å². The minimum atomic E-state index is -0.760. The molecule has 1 rings (SSSR count). The summed E-state index contributed by atoms with van der Waals surface area (Å²) in [6, 6.07) is 0. The molecule has 0 heterocycles. The fraction of sp³-hybridized carbons (Fsp3) is 0.938. The number of carboxylic acid groups (broad SMARTS) is 1. The van der Waals surface area contributed by atoms with Crippen LogP contribution in [0.2, 0.25) is 0 Å². The van der Waals surface area contributed by atoms with Crippen LogP contribution in [0, 0.1) is 11.8 Å². The van der Waals surface area contributed by atoms with E-state index in [0.717, 1.165) is 38.5 Å². The second-order valence-corrected chi connectivity index (χ2v) is 11.5. The molecule has 0 bridgehead atoms. The normalized spacial score (nSPS) is 18.7. The monoisotopic (exact) mass is 508 g/mol. The Labute approximate surface area is 223 Å². The number of aliphatic carboxylic acids is 1. The molecular weight excluding hydrogens is 448 g/mol. The Hall–Kier alpha value is -1.06. The zero-order valence-electron chi connectivity index (χ0n) is 24.1. The second-order valence-electron chi connectivity index (χ2n) is 11.5. The summed E-state index contributed by atoms with van der Waals surface area (Å²) >= 11 is 0. The molecule has 3 unspecified atom stereocenters. The Balaban J connectivity index is 2.30. The Morgan fingerprint density at radius 3 is 1.44 bits per heavy atom. The number of carbonyl (C=O) groups excluding carboxylic acids is 1. The van der Waals surface area contributed by atoms with Crippen LogP contribution in [0.15, 0.2) is 0 Å². The van der Waals surface area contributed by atoms with Crippen LogP contribution in [0.5, 0.6) is 0 Å². The van der Waals surface area contributed by atoms with Crippen molar-refractivity contribution in [2.75, 3.05) is 0 Å². The number of carbonyl (C=O) groups is 2. The second kappa shape index (κ2) is 23.1. The lowest BCUT2D eigenvalue weighted by molar-refractivity contribution is -0.158. The van der Waals surface area contributed by atoms with Crippen molar-refractivity contribution < 1.29 is 19.4 Å². The number of unbranched alkanes of at least 4 members (excludes halogenated alkanes) is 17. The molecule has 1 N–H and O–H groups in total. The Morgan fingerprint density at radius 1 is 0.639 bits per heavy atom. The average molecular weight is 509 g/mol. The van der Waals surface area contributed by atoms with Crippen molar-refractivity contribution in [2.24, 2.45) is 11.8 Å². The third-order valence-electron chi connectivity index (χ3n) is 8.15. The maximum Gasteiger partial charge on any atom is 0.309 e. The van der Waals surface area contributed by atoms with E-state index >= 15 is 0 Å². The molecule has 1 aliphatic rings. The molecule has 4 heteroatoms. The van der Waals surface area contributed by atoms with Gasteiger partial charge in [0.15, 0.2) is 0 Å². The summed E-state index contributed by atoms with van der Waals surface area (Å²) in [5.74, 6) is -1.50. The average Bonchev–Trinajstić information content (AvgIpc) is 2.88. The molecule has 36 heavy (non-hydrogen) atoms. The Kier molecular flexibility index (Phi) is 21.1. The van der Waals surface area contributed by atoms with Crippen molar-refractivity contribution in [1.82, 2.24) is 0 Å². The molecule has 0 aromatic heterocycles. The summed E-state index contributed by atoms with van der Waals surface area (Å²) < 4.78 is 6.04. The van der Waals surface area contributed by atoms with E-state index in [9.17, 15) is 14.7 Å². The van der Waals surface area contributed by atoms with Gasteiger partial charge in [-0.15, -0.1) is 0 Å². The van der Waals surface area contributed by atoms with Gasteiger partial charge in [0, 0.05) is 0 Å². The van der Waals surface area contributed by atoms with Gasteiger partial charge in [-0.05, 0) is 44.9 Å². The zero-order chi connectivity index (χ0) is 26.3. The van der Waals surface area contributed by atoms with Crippen molar-refractivity contribution in [2.45, 2.75) is 180 Å². The Morgan fingerprint density at radius 2 is 1.03 bits per heavy atom. The Bertz CT molecular complexity index is 532. The zero-order valence-corrected chi connectivity index (χ0v) is 24.1. The van der Waals surface area contributed by atoms with Gasteiger partial charge in [-0.25, -0.2) is 0 Å². The van der Waals surface area contributed by atoms with E-state index in [0.29, 0.717) is 12.8 Å². The molecule has 0 aliphatic heterocycles. The predicted molar refractivity (Wildman–Crippen MR) is 151 cm³/mol. The van der Waals surface area contributed by atoms with Crippen LogP contribution < -0.4 is 0 Å². The third-order valence-corrected chi connectivity index (χ3v) is 8.15. The topological polar surface area (TPSA) is 63.6 Å². The van der Waals surface area contributed by atoms with Gasteiger partial charge in [-0.2, -0.15) is 0 Å². The van der Waals surface area contributed by atoms with Crippen LogP contribution in [-0.4, -0.2) is 23.1 Å². The van der Waals surface area contributed by atoms with Crippen molar-refractivity contribution in [3.8, 4) is 0 Å². The highest BCUT2D eigenvalue weighted by atomic mass is 16.5. The van der Waals surface area contributed by atoms with E-state index in [1.54, 1.807) is 0 Å². The summed E-state index contributed by atoms with van der Waals surface area (Å²) in [6.45, 7) is 4.53. The van der Waals surface area contributed by atoms with Gasteiger partial charge in [0.1, 0.15) is 6.10 Å². The van der Waals surface area contributed by atoms with Crippen molar-refractivity contribution >= 4 is 11.9 Å². The van der Waals surface area contributed by atoms with Gasteiger partial charge in [0.05, 0.1) is 11.8 Å². The van der Waals surface area contributed by atoms with E-state index < -0.39 is 5.97 Å². The molecule has 1 aliphatic carbocycles. The first-order valence-electron chi connectivity index (χ1n) is 16.0. The van der Waals surface area contributed by atoms with Crippen LogP contribution in [-0.2, 0) is 14.3 Å². The van der Waals surface area contributed by atoms with Gasteiger partial charge >= 0.3 is 11.9 Å².